The predicted molar refractivity (Wildman–Crippen MR) is 110 cm³/mol. The van der Waals surface area contributed by atoms with Gasteiger partial charge < -0.3 is 15.4 Å². The van der Waals surface area contributed by atoms with Crippen molar-refractivity contribution in [3.8, 4) is 5.75 Å². The number of hydrogen-bond acceptors (Lipinski definition) is 5. The van der Waals surface area contributed by atoms with Crippen molar-refractivity contribution in [2.45, 2.75) is 32.9 Å². The Morgan fingerprint density at radius 2 is 2.12 bits per heavy atom. The van der Waals surface area contributed by atoms with Crippen molar-refractivity contribution in [3.05, 3.63) is 46.4 Å². The van der Waals surface area contributed by atoms with E-state index < -0.39 is 0 Å². The van der Waals surface area contributed by atoms with Gasteiger partial charge in [-0.2, -0.15) is 0 Å². The molecule has 1 aromatic heterocycles. The molecule has 1 unspecified atom stereocenters. The summed E-state index contributed by atoms with van der Waals surface area (Å²) in [6.45, 7) is 5.94. The van der Waals surface area contributed by atoms with Crippen LogP contribution in [-0.2, 0) is 6.61 Å². The standard InChI is InChI=1S/C18H23N3O2S.2ClH/c1-18(2)11-21(8-7-16(18)19)17(22)14-5-3-4-6-15(14)23-9-13-10-24-12-20-13;;/h3-6,10,12,16H,7-9,11,19H2,1-2H3;2*1H. The molecule has 5 nitrogen and oxygen atoms in total. The average molecular weight is 418 g/mol. The van der Waals surface area contributed by atoms with Crippen LogP contribution in [0.1, 0.15) is 36.3 Å². The molecule has 26 heavy (non-hydrogen) atoms. The van der Waals surface area contributed by atoms with Crippen molar-refractivity contribution in [1.82, 2.24) is 9.88 Å². The summed E-state index contributed by atoms with van der Waals surface area (Å²) >= 11 is 1.53. The molecule has 0 bridgehead atoms. The molecule has 1 amide bonds. The molecular formula is C18H25Cl2N3O2S. The maximum Gasteiger partial charge on any atom is 0.257 e. The molecule has 0 aliphatic carbocycles. The number of amides is 1. The molecule has 2 heterocycles. The lowest BCUT2D eigenvalue weighted by Gasteiger charge is -2.42. The maximum atomic E-state index is 13.0. The van der Waals surface area contributed by atoms with E-state index in [4.69, 9.17) is 10.5 Å². The number of rotatable bonds is 4. The van der Waals surface area contributed by atoms with Gasteiger partial charge in [0, 0.05) is 24.5 Å². The van der Waals surface area contributed by atoms with Gasteiger partial charge in [-0.05, 0) is 24.0 Å². The van der Waals surface area contributed by atoms with Crippen LogP contribution in [0.5, 0.6) is 5.75 Å². The van der Waals surface area contributed by atoms with Gasteiger partial charge in [-0.25, -0.2) is 4.98 Å². The average Bonchev–Trinajstić information content (AvgIpc) is 3.08. The Bertz CT molecular complexity index is 710. The number of piperidine rings is 1. The van der Waals surface area contributed by atoms with Gasteiger partial charge in [0.25, 0.3) is 5.91 Å². The van der Waals surface area contributed by atoms with Gasteiger partial charge in [0.1, 0.15) is 12.4 Å². The summed E-state index contributed by atoms with van der Waals surface area (Å²) in [4.78, 5) is 19.1. The smallest absolute Gasteiger partial charge is 0.257 e. The first-order valence-corrected chi connectivity index (χ1v) is 9.05. The normalized spacial score (nSPS) is 18.4. The van der Waals surface area contributed by atoms with Gasteiger partial charge in [0.15, 0.2) is 0 Å². The van der Waals surface area contributed by atoms with Crippen LogP contribution in [0.3, 0.4) is 0 Å². The van der Waals surface area contributed by atoms with Crippen molar-refractivity contribution in [1.29, 1.82) is 0 Å². The molecular weight excluding hydrogens is 393 g/mol. The van der Waals surface area contributed by atoms with Crippen molar-refractivity contribution < 1.29 is 9.53 Å². The molecule has 144 valence electrons. The number of ether oxygens (including phenoxy) is 1. The molecule has 8 heteroatoms. The van der Waals surface area contributed by atoms with E-state index in [1.165, 1.54) is 11.3 Å². The van der Waals surface area contributed by atoms with Crippen LogP contribution in [0.4, 0.5) is 0 Å². The van der Waals surface area contributed by atoms with Crippen molar-refractivity contribution in [3.63, 3.8) is 0 Å². The van der Waals surface area contributed by atoms with Crippen LogP contribution < -0.4 is 10.5 Å². The number of halogens is 2. The van der Waals surface area contributed by atoms with Crippen molar-refractivity contribution in [2.24, 2.45) is 11.1 Å². The summed E-state index contributed by atoms with van der Waals surface area (Å²) in [7, 11) is 0. The van der Waals surface area contributed by atoms with Gasteiger partial charge in [-0.1, -0.05) is 26.0 Å². The summed E-state index contributed by atoms with van der Waals surface area (Å²) in [5.41, 5.74) is 9.33. The summed E-state index contributed by atoms with van der Waals surface area (Å²) in [6.07, 6.45) is 0.820. The number of carbonyl (C=O) groups excluding carboxylic acids is 1. The van der Waals surface area contributed by atoms with E-state index in [1.807, 2.05) is 34.5 Å². The lowest BCUT2D eigenvalue weighted by atomic mass is 9.79. The second-order valence-corrected chi connectivity index (χ2v) is 7.59. The van der Waals surface area contributed by atoms with Crippen LogP contribution in [0.15, 0.2) is 35.2 Å². The number of nitrogens with zero attached hydrogens (tertiary/aromatic N) is 2. The van der Waals surface area contributed by atoms with Crippen molar-refractivity contribution in [2.75, 3.05) is 13.1 Å². The Kier molecular flexibility index (Phi) is 8.34. The quantitative estimate of drug-likeness (QED) is 0.821. The highest BCUT2D eigenvalue weighted by Gasteiger charge is 2.36. The molecule has 0 saturated carbocycles. The third-order valence-electron chi connectivity index (χ3n) is 4.58. The lowest BCUT2D eigenvalue weighted by molar-refractivity contribution is 0.0528. The first-order valence-electron chi connectivity index (χ1n) is 8.11. The van der Waals surface area contributed by atoms with E-state index in [-0.39, 0.29) is 42.2 Å². The minimum absolute atomic E-state index is 0. The second kappa shape index (κ2) is 9.55. The van der Waals surface area contributed by atoms with E-state index in [1.54, 1.807) is 5.51 Å². The topological polar surface area (TPSA) is 68.5 Å². The zero-order chi connectivity index (χ0) is 17.2. The minimum Gasteiger partial charge on any atom is -0.486 e. The van der Waals surface area contributed by atoms with E-state index in [2.05, 4.69) is 18.8 Å². The number of aromatic nitrogens is 1. The van der Waals surface area contributed by atoms with Gasteiger partial charge in [0.05, 0.1) is 16.8 Å². The molecule has 3 rings (SSSR count). The van der Waals surface area contributed by atoms with Gasteiger partial charge >= 0.3 is 0 Å². The highest BCUT2D eigenvalue weighted by molar-refractivity contribution is 7.07. The number of hydrogen-bond donors (Lipinski definition) is 1. The summed E-state index contributed by atoms with van der Waals surface area (Å²) < 4.78 is 5.84. The number of nitrogens with two attached hydrogens (primary N) is 1. The van der Waals surface area contributed by atoms with Crippen molar-refractivity contribution >= 4 is 42.1 Å². The summed E-state index contributed by atoms with van der Waals surface area (Å²) in [5.74, 6) is 0.604. The molecule has 0 spiro atoms. The third-order valence-corrected chi connectivity index (χ3v) is 5.21. The highest BCUT2D eigenvalue weighted by Crippen LogP contribution is 2.30. The van der Waals surface area contributed by atoms with Crippen LogP contribution in [-0.4, -0.2) is 34.9 Å². The molecule has 1 fully saturated rings. The zero-order valence-electron chi connectivity index (χ0n) is 14.9. The Morgan fingerprint density at radius 1 is 1.38 bits per heavy atom. The zero-order valence-corrected chi connectivity index (χ0v) is 17.3. The molecule has 2 N–H and O–H groups in total. The predicted octanol–water partition coefficient (Wildman–Crippen LogP) is 3.77. The molecule has 1 aromatic carbocycles. The lowest BCUT2D eigenvalue weighted by Crippen LogP contribution is -2.54. The van der Waals surface area contributed by atoms with Crippen LogP contribution >= 0.6 is 36.2 Å². The number of likely N-dealkylation sites (tertiary alicyclic amines) is 1. The molecule has 0 radical (unpaired) electrons. The Morgan fingerprint density at radius 3 is 2.77 bits per heavy atom. The molecule has 1 saturated heterocycles. The van der Waals surface area contributed by atoms with Gasteiger partial charge in [-0.15, -0.1) is 36.2 Å². The minimum atomic E-state index is -0.0791. The number of benzene rings is 1. The largest absolute Gasteiger partial charge is 0.486 e. The first kappa shape index (κ1) is 22.7. The SMILES string of the molecule is CC1(C)CN(C(=O)c2ccccc2OCc2cscn2)CCC1N.Cl.Cl. The second-order valence-electron chi connectivity index (χ2n) is 6.88. The maximum absolute atomic E-state index is 13.0. The van der Waals surface area contributed by atoms with E-state index in [0.29, 0.717) is 31.0 Å². The van der Waals surface area contributed by atoms with Gasteiger partial charge in [-0.3, -0.25) is 4.79 Å². The number of thiazole rings is 1. The monoisotopic (exact) mass is 417 g/mol. The molecule has 1 aliphatic heterocycles. The van der Waals surface area contributed by atoms with E-state index in [9.17, 15) is 4.79 Å². The highest BCUT2D eigenvalue weighted by atomic mass is 35.5. The Hall–Kier alpha value is -1.34. The van der Waals surface area contributed by atoms with Crippen LogP contribution in [0.25, 0.3) is 0 Å². The summed E-state index contributed by atoms with van der Waals surface area (Å²) in [6, 6.07) is 7.52. The molecule has 1 atom stereocenters. The third kappa shape index (κ3) is 5.10. The van der Waals surface area contributed by atoms with E-state index in [0.717, 1.165) is 12.1 Å². The number of para-hydroxylation sites is 1. The fraction of sp³-hybridized carbons (Fsp3) is 0.444. The first-order chi connectivity index (χ1) is 11.5. The number of carbonyl (C=O) groups is 1. The fourth-order valence-electron chi connectivity index (χ4n) is 2.95. The summed E-state index contributed by atoms with van der Waals surface area (Å²) in [5, 5.41) is 1.94. The fourth-order valence-corrected chi connectivity index (χ4v) is 3.49. The van der Waals surface area contributed by atoms with E-state index >= 15 is 0 Å². The van der Waals surface area contributed by atoms with Gasteiger partial charge in [0.2, 0.25) is 0 Å². The van der Waals surface area contributed by atoms with Crippen LogP contribution in [0, 0.1) is 5.41 Å². The van der Waals surface area contributed by atoms with Crippen LogP contribution in [0.2, 0.25) is 0 Å². The Balaban J connectivity index is 0.00000169. The molecule has 1 aliphatic rings. The molecule has 2 aromatic rings. The Labute approximate surface area is 170 Å².